The molecule has 9 heteroatoms. The van der Waals surface area contributed by atoms with Gasteiger partial charge in [-0.25, -0.2) is 0 Å². The summed E-state index contributed by atoms with van der Waals surface area (Å²) >= 11 is 12.0. The molecule has 0 aliphatic heterocycles. The lowest BCUT2D eigenvalue weighted by molar-refractivity contribution is -0.121. The fraction of sp³-hybridized carbons (Fsp3) is 0.438. The van der Waals surface area contributed by atoms with Crippen LogP contribution in [0.15, 0.2) is 30.3 Å². The molecule has 2 N–H and O–H groups in total. The van der Waals surface area contributed by atoms with E-state index in [-0.39, 0.29) is 11.7 Å². The molecule has 138 valence electrons. The molecule has 0 radical (unpaired) electrons. The second-order valence-corrected chi connectivity index (χ2v) is 6.67. The SMILES string of the molecule is CCN(CC)C(=S)N(C)NSCC(=O)NN(C)C(=S)c1ccccc1. The molecule has 1 amide bonds. The summed E-state index contributed by atoms with van der Waals surface area (Å²) in [5.41, 5.74) is 3.64. The Balaban J connectivity index is 2.37. The first kappa shape index (κ1) is 21.6. The molecule has 0 atom stereocenters. The molecule has 0 aliphatic rings. The van der Waals surface area contributed by atoms with Crippen LogP contribution in [0, 0.1) is 0 Å². The van der Waals surface area contributed by atoms with E-state index in [0.717, 1.165) is 18.7 Å². The number of nitrogens with one attached hydrogen (secondary N) is 2. The molecule has 1 aromatic carbocycles. The molecular formula is C16H25N5OS3. The number of carbonyl (C=O) groups excluding carboxylic acids is 1. The molecule has 6 nitrogen and oxygen atoms in total. The maximum Gasteiger partial charge on any atom is 0.249 e. The summed E-state index contributed by atoms with van der Waals surface area (Å²) < 4.78 is 0. The topological polar surface area (TPSA) is 50.9 Å². The first-order valence-electron chi connectivity index (χ1n) is 7.93. The number of amides is 1. The van der Waals surface area contributed by atoms with Crippen molar-refractivity contribution in [3.8, 4) is 0 Å². The van der Waals surface area contributed by atoms with Gasteiger partial charge in [-0.3, -0.25) is 20.2 Å². The highest BCUT2D eigenvalue weighted by molar-refractivity contribution is 7.98. The van der Waals surface area contributed by atoms with Crippen LogP contribution in [0.1, 0.15) is 19.4 Å². The Morgan fingerprint density at radius 2 is 1.68 bits per heavy atom. The van der Waals surface area contributed by atoms with E-state index in [1.165, 1.54) is 11.9 Å². The molecule has 0 aromatic heterocycles. The van der Waals surface area contributed by atoms with Gasteiger partial charge in [-0.1, -0.05) is 54.5 Å². The number of benzene rings is 1. The lowest BCUT2D eigenvalue weighted by atomic mass is 10.2. The number of nitrogens with zero attached hydrogens (tertiary/aromatic N) is 3. The van der Waals surface area contributed by atoms with Crippen molar-refractivity contribution < 1.29 is 4.79 Å². The third-order valence-corrected chi connectivity index (χ3v) is 5.19. The Kier molecular flexibility index (Phi) is 9.73. The smallest absolute Gasteiger partial charge is 0.249 e. The number of carbonyl (C=O) groups is 1. The van der Waals surface area contributed by atoms with Gasteiger partial charge in [0.15, 0.2) is 5.11 Å². The predicted octanol–water partition coefficient (Wildman–Crippen LogP) is 2.04. The average Bonchev–Trinajstić information content (AvgIpc) is 2.62. The molecule has 0 unspecified atom stereocenters. The van der Waals surface area contributed by atoms with E-state index >= 15 is 0 Å². The predicted molar refractivity (Wildman–Crippen MR) is 113 cm³/mol. The first-order chi connectivity index (χ1) is 11.9. The van der Waals surface area contributed by atoms with Crippen molar-refractivity contribution in [2.24, 2.45) is 0 Å². The van der Waals surface area contributed by atoms with E-state index in [9.17, 15) is 4.79 Å². The van der Waals surface area contributed by atoms with Crippen LogP contribution in [0.3, 0.4) is 0 Å². The molecule has 0 heterocycles. The van der Waals surface area contributed by atoms with E-state index in [4.69, 9.17) is 24.4 Å². The normalized spacial score (nSPS) is 10.1. The summed E-state index contributed by atoms with van der Waals surface area (Å²) in [5, 5.41) is 3.98. The summed E-state index contributed by atoms with van der Waals surface area (Å²) in [6, 6.07) is 9.55. The average molecular weight is 400 g/mol. The zero-order chi connectivity index (χ0) is 18.8. The Labute approximate surface area is 165 Å². The van der Waals surface area contributed by atoms with E-state index in [0.29, 0.717) is 10.1 Å². The van der Waals surface area contributed by atoms with Crippen LogP contribution in [-0.4, -0.2) is 63.9 Å². The number of hydrogen-bond acceptors (Lipinski definition) is 5. The zero-order valence-corrected chi connectivity index (χ0v) is 17.4. The highest BCUT2D eigenvalue weighted by atomic mass is 32.2. The fourth-order valence-corrected chi connectivity index (χ4v) is 3.07. The largest absolute Gasteiger partial charge is 0.349 e. The molecule has 0 saturated carbocycles. The Morgan fingerprint density at radius 3 is 2.24 bits per heavy atom. The fourth-order valence-electron chi connectivity index (χ4n) is 1.98. The second kappa shape index (κ2) is 11.2. The third-order valence-electron chi connectivity index (χ3n) is 3.34. The van der Waals surface area contributed by atoms with E-state index in [2.05, 4.69) is 29.0 Å². The van der Waals surface area contributed by atoms with E-state index in [1.807, 2.05) is 37.4 Å². The van der Waals surface area contributed by atoms with Crippen LogP contribution in [-0.2, 0) is 4.79 Å². The first-order valence-corrected chi connectivity index (χ1v) is 9.73. The number of rotatable bonds is 7. The Bertz CT molecular complexity index is 580. The molecule has 25 heavy (non-hydrogen) atoms. The molecule has 0 spiro atoms. The highest BCUT2D eigenvalue weighted by Crippen LogP contribution is 2.04. The maximum atomic E-state index is 12.1. The second-order valence-electron chi connectivity index (χ2n) is 5.16. The van der Waals surface area contributed by atoms with Gasteiger partial charge in [0.1, 0.15) is 4.99 Å². The number of hydrogen-bond donors (Lipinski definition) is 2. The van der Waals surface area contributed by atoms with Gasteiger partial charge in [0.05, 0.1) is 5.75 Å². The van der Waals surface area contributed by atoms with E-state index < -0.39 is 0 Å². The maximum absolute atomic E-state index is 12.1. The summed E-state index contributed by atoms with van der Waals surface area (Å²) in [6.45, 7) is 5.79. The van der Waals surface area contributed by atoms with Gasteiger partial charge in [0.25, 0.3) is 0 Å². The molecular weight excluding hydrogens is 374 g/mol. The molecule has 0 bridgehead atoms. The summed E-state index contributed by atoms with van der Waals surface area (Å²) in [5.74, 6) is 0.0767. The quantitative estimate of drug-likeness (QED) is 0.410. The summed E-state index contributed by atoms with van der Waals surface area (Å²) in [6.07, 6.45) is 0. The standard InChI is InChI=1S/C16H25N5OS3/c1-5-21(6-2)16(24)20(4)18-25-12-14(22)17-19(3)15(23)13-10-8-7-9-11-13/h7-11,18H,5-6,12H2,1-4H3,(H,17,22). The Hall–Kier alpha value is -1.42. The summed E-state index contributed by atoms with van der Waals surface area (Å²) in [7, 11) is 3.56. The molecule has 0 saturated heterocycles. The third kappa shape index (κ3) is 7.15. The van der Waals surface area contributed by atoms with Crippen molar-refractivity contribution >= 4 is 52.4 Å². The van der Waals surface area contributed by atoms with Gasteiger partial charge in [0.2, 0.25) is 5.91 Å². The van der Waals surface area contributed by atoms with Gasteiger partial charge in [-0.05, 0) is 26.1 Å². The van der Waals surface area contributed by atoms with Crippen LogP contribution in [0.25, 0.3) is 0 Å². The van der Waals surface area contributed by atoms with Crippen LogP contribution in [0.5, 0.6) is 0 Å². The molecule has 1 aromatic rings. The zero-order valence-electron chi connectivity index (χ0n) is 15.0. The van der Waals surface area contributed by atoms with Gasteiger partial charge >= 0.3 is 0 Å². The van der Waals surface area contributed by atoms with Crippen LogP contribution >= 0.6 is 36.4 Å². The monoisotopic (exact) mass is 399 g/mol. The van der Waals surface area contributed by atoms with Crippen LogP contribution in [0.4, 0.5) is 0 Å². The number of thiocarbonyl (C=S) groups is 2. The van der Waals surface area contributed by atoms with Gasteiger partial charge in [-0.2, -0.15) is 4.83 Å². The van der Waals surface area contributed by atoms with Crippen LogP contribution < -0.4 is 10.3 Å². The van der Waals surface area contributed by atoms with Crippen LogP contribution in [0.2, 0.25) is 0 Å². The molecule has 0 fully saturated rings. The minimum Gasteiger partial charge on any atom is -0.349 e. The van der Waals surface area contributed by atoms with Crippen molar-refractivity contribution in [1.29, 1.82) is 0 Å². The van der Waals surface area contributed by atoms with Crippen molar-refractivity contribution in [2.45, 2.75) is 13.8 Å². The summed E-state index contributed by atoms with van der Waals surface area (Å²) in [4.78, 5) is 17.7. The molecule has 0 aliphatic carbocycles. The van der Waals surface area contributed by atoms with Gasteiger partial charge in [-0.15, -0.1) is 0 Å². The lowest BCUT2D eigenvalue weighted by Gasteiger charge is -2.29. The van der Waals surface area contributed by atoms with Crippen molar-refractivity contribution in [1.82, 2.24) is 25.2 Å². The number of hydrazine groups is 2. The minimum absolute atomic E-state index is 0.152. The van der Waals surface area contributed by atoms with Crippen molar-refractivity contribution in [3.05, 3.63) is 35.9 Å². The minimum atomic E-state index is -0.152. The molecule has 1 rings (SSSR count). The van der Waals surface area contributed by atoms with Gasteiger partial charge < -0.3 is 4.90 Å². The lowest BCUT2D eigenvalue weighted by Crippen LogP contribution is -2.46. The van der Waals surface area contributed by atoms with E-state index in [1.54, 1.807) is 17.1 Å². The van der Waals surface area contributed by atoms with Crippen molar-refractivity contribution in [2.75, 3.05) is 32.9 Å². The van der Waals surface area contributed by atoms with Crippen molar-refractivity contribution in [3.63, 3.8) is 0 Å². The highest BCUT2D eigenvalue weighted by Gasteiger charge is 2.13. The van der Waals surface area contributed by atoms with Gasteiger partial charge in [0, 0.05) is 32.7 Å². The Morgan fingerprint density at radius 1 is 1.08 bits per heavy atom.